The van der Waals surface area contributed by atoms with Crippen LogP contribution in [0.5, 0.6) is 0 Å². The standard InChI is InChI=1S/C28H52N10O8.C7H8.C6H9N3O/c1-15(2)13-20-27(45)37-18(7-10-30)25(43)36-19(8-11-31)26(44)38-23(16(3)39)28(46)32-12-4-5-21(40)34-17(6-9-29)24(42)33-14-22(41)35-20;1-7-5-3-2-4-6-7;1-5-2-3-9(8-5)4-6(7)10/h15-20,23,39H,4-14,29-31H2,1-3H3,(H,32,46)(H,33,42)(H,34,40)(H,35,41)(H,36,43)(H,37,45)(H,38,44);2-6H,1H3;2-3H,4H2,1H3,(H2,7,10). The number of nitrogens with two attached hydrogens (primary N) is 4. The van der Waals surface area contributed by atoms with Gasteiger partial charge in [-0.1, -0.05) is 49.7 Å². The Kier molecular flexibility index (Phi) is 26.3. The summed E-state index contributed by atoms with van der Waals surface area (Å²) >= 11 is 0. The van der Waals surface area contributed by atoms with Crippen LogP contribution in [0, 0.1) is 19.8 Å². The van der Waals surface area contributed by atoms with Gasteiger partial charge in [-0.2, -0.15) is 5.10 Å². The van der Waals surface area contributed by atoms with Crippen molar-refractivity contribution in [3.8, 4) is 0 Å². The summed E-state index contributed by atoms with van der Waals surface area (Å²) in [6.45, 7) is 8.58. The molecule has 1 saturated heterocycles. The summed E-state index contributed by atoms with van der Waals surface area (Å²) in [5.41, 5.74) is 24.1. The van der Waals surface area contributed by atoms with Gasteiger partial charge in [-0.25, -0.2) is 0 Å². The molecule has 0 spiro atoms. The molecule has 0 radical (unpaired) electrons. The van der Waals surface area contributed by atoms with Crippen molar-refractivity contribution in [3.05, 3.63) is 53.9 Å². The first-order valence-corrected chi connectivity index (χ1v) is 20.9. The second-order valence-electron chi connectivity index (χ2n) is 15.3. The van der Waals surface area contributed by atoms with Crippen LogP contribution in [0.15, 0.2) is 42.6 Å². The molecule has 1 fully saturated rings. The minimum Gasteiger partial charge on any atom is -0.391 e. The number of primary amides is 1. The Balaban J connectivity index is 0.000000951. The number of aliphatic hydroxyl groups is 1. The van der Waals surface area contributed by atoms with Crippen LogP contribution in [-0.4, -0.2) is 131 Å². The average Bonchev–Trinajstić information content (AvgIpc) is 3.62. The van der Waals surface area contributed by atoms with Crippen molar-refractivity contribution in [1.29, 1.82) is 0 Å². The van der Waals surface area contributed by atoms with Gasteiger partial charge in [-0.15, -0.1) is 0 Å². The average molecular weight is 888 g/mol. The molecule has 6 unspecified atom stereocenters. The summed E-state index contributed by atoms with van der Waals surface area (Å²) < 4.78 is 1.51. The monoisotopic (exact) mass is 888 g/mol. The van der Waals surface area contributed by atoms with E-state index in [1.165, 1.54) is 17.2 Å². The fourth-order valence-corrected chi connectivity index (χ4v) is 5.83. The van der Waals surface area contributed by atoms with Gasteiger partial charge in [0.2, 0.25) is 47.3 Å². The van der Waals surface area contributed by atoms with Crippen LogP contribution in [0.4, 0.5) is 0 Å². The minimum atomic E-state index is -1.40. The number of aryl methyl sites for hydroxylation is 2. The molecular formula is C41H69N13O9. The second-order valence-corrected chi connectivity index (χ2v) is 15.3. The number of nitrogens with one attached hydrogen (secondary N) is 7. The van der Waals surface area contributed by atoms with Crippen LogP contribution >= 0.6 is 0 Å². The fraction of sp³-hybridized carbons (Fsp3) is 0.585. The molecular weight excluding hydrogens is 819 g/mol. The van der Waals surface area contributed by atoms with Gasteiger partial charge in [0.25, 0.3) is 0 Å². The predicted molar refractivity (Wildman–Crippen MR) is 234 cm³/mol. The first kappa shape index (κ1) is 55.0. The molecule has 63 heavy (non-hydrogen) atoms. The minimum absolute atomic E-state index is 0.000240. The van der Waals surface area contributed by atoms with E-state index in [1.54, 1.807) is 6.20 Å². The SMILES string of the molecule is CC(C)CC1NC(=O)CNC(=O)C(CCN)NC(=O)CCCNC(=O)C(C(C)O)NC(=O)C(CCN)NC(=O)C(CCN)NC1=O.Cc1ccccc1.Cc1ccn(CC(N)=O)n1. The zero-order chi connectivity index (χ0) is 47.5. The van der Waals surface area contributed by atoms with E-state index in [2.05, 4.69) is 61.4 Å². The lowest BCUT2D eigenvalue weighted by Gasteiger charge is -2.27. The molecule has 3 rings (SSSR count). The smallest absolute Gasteiger partial charge is 0.245 e. The lowest BCUT2D eigenvalue weighted by molar-refractivity contribution is -0.135. The highest BCUT2D eigenvalue weighted by atomic mass is 16.3. The van der Waals surface area contributed by atoms with Crippen LogP contribution in [0.3, 0.4) is 0 Å². The van der Waals surface area contributed by atoms with Crippen molar-refractivity contribution in [2.75, 3.05) is 32.7 Å². The molecule has 0 saturated carbocycles. The Morgan fingerprint density at radius 1 is 0.714 bits per heavy atom. The Labute approximate surface area is 368 Å². The molecule has 6 atom stereocenters. The van der Waals surface area contributed by atoms with E-state index in [-0.39, 0.29) is 83.1 Å². The highest BCUT2D eigenvalue weighted by molar-refractivity contribution is 5.96. The number of hydrogen-bond acceptors (Lipinski definition) is 13. The molecule has 352 valence electrons. The quantitative estimate of drug-likeness (QED) is 0.105. The van der Waals surface area contributed by atoms with E-state index in [0.29, 0.717) is 0 Å². The Morgan fingerprint density at radius 2 is 1.24 bits per heavy atom. The summed E-state index contributed by atoms with van der Waals surface area (Å²) in [7, 11) is 0. The normalized spacial score (nSPS) is 21.6. The molecule has 0 aliphatic carbocycles. The van der Waals surface area contributed by atoms with Crippen molar-refractivity contribution in [3.63, 3.8) is 0 Å². The Morgan fingerprint density at radius 3 is 1.70 bits per heavy atom. The lowest BCUT2D eigenvalue weighted by Crippen LogP contribution is -2.60. The number of aromatic nitrogens is 2. The summed E-state index contributed by atoms with van der Waals surface area (Å²) in [4.78, 5) is 101. The number of nitrogens with zero attached hydrogens (tertiary/aromatic N) is 2. The third-order valence-corrected chi connectivity index (χ3v) is 9.04. The molecule has 1 aliphatic rings. The van der Waals surface area contributed by atoms with Gasteiger partial charge >= 0.3 is 0 Å². The largest absolute Gasteiger partial charge is 0.391 e. The first-order valence-electron chi connectivity index (χ1n) is 20.9. The topological polar surface area (TPSA) is 363 Å². The van der Waals surface area contributed by atoms with Crippen LogP contribution in [0.1, 0.15) is 70.6 Å². The maximum absolute atomic E-state index is 13.3. The summed E-state index contributed by atoms with van der Waals surface area (Å²) in [6, 6.07) is 6.12. The van der Waals surface area contributed by atoms with Crippen molar-refractivity contribution < 1.29 is 43.5 Å². The van der Waals surface area contributed by atoms with Gasteiger partial charge in [-0.05, 0) is 84.5 Å². The molecule has 1 aliphatic heterocycles. The number of rotatable bonds is 11. The fourth-order valence-electron chi connectivity index (χ4n) is 5.83. The van der Waals surface area contributed by atoms with Crippen molar-refractivity contribution in [1.82, 2.24) is 47.0 Å². The van der Waals surface area contributed by atoms with Crippen molar-refractivity contribution >= 4 is 47.3 Å². The molecule has 16 N–H and O–H groups in total. The molecule has 8 amide bonds. The molecule has 1 aromatic carbocycles. The Bertz CT molecular complexity index is 1760. The number of benzene rings is 1. The highest BCUT2D eigenvalue weighted by Gasteiger charge is 2.33. The Hall–Kier alpha value is -5.97. The van der Waals surface area contributed by atoms with Crippen LogP contribution < -0.4 is 60.2 Å². The van der Waals surface area contributed by atoms with Crippen molar-refractivity contribution in [2.45, 2.75) is 116 Å². The lowest BCUT2D eigenvalue weighted by atomic mass is 10.0. The second kappa shape index (κ2) is 30.1. The third-order valence-electron chi connectivity index (χ3n) is 9.04. The molecule has 1 aromatic heterocycles. The zero-order valence-corrected chi connectivity index (χ0v) is 37.0. The number of hydrogen-bond donors (Lipinski definition) is 12. The molecule has 2 aromatic rings. The number of aliphatic hydroxyl groups excluding tert-OH is 1. The predicted octanol–water partition coefficient (Wildman–Crippen LogP) is -3.42. The van der Waals surface area contributed by atoms with E-state index in [1.807, 2.05) is 45.0 Å². The van der Waals surface area contributed by atoms with Gasteiger partial charge in [-0.3, -0.25) is 43.0 Å². The summed E-state index contributed by atoms with van der Waals surface area (Å²) in [5.74, 6) is -5.27. The third kappa shape index (κ3) is 23.2. The van der Waals surface area contributed by atoms with Gasteiger partial charge in [0.05, 0.1) is 18.3 Å². The molecule has 2 heterocycles. The van der Waals surface area contributed by atoms with Crippen LogP contribution in [0.25, 0.3) is 0 Å². The van der Waals surface area contributed by atoms with E-state index < -0.39 is 84.2 Å². The highest BCUT2D eigenvalue weighted by Crippen LogP contribution is 2.07. The van der Waals surface area contributed by atoms with E-state index in [9.17, 15) is 43.5 Å². The van der Waals surface area contributed by atoms with Gasteiger partial charge < -0.3 is 65.3 Å². The zero-order valence-electron chi connectivity index (χ0n) is 37.0. The maximum atomic E-state index is 13.3. The van der Waals surface area contributed by atoms with Crippen LogP contribution in [0.2, 0.25) is 0 Å². The van der Waals surface area contributed by atoms with Gasteiger partial charge in [0, 0.05) is 19.2 Å². The van der Waals surface area contributed by atoms with E-state index in [0.717, 1.165) is 5.69 Å². The van der Waals surface area contributed by atoms with E-state index >= 15 is 0 Å². The van der Waals surface area contributed by atoms with Gasteiger partial charge in [0.1, 0.15) is 36.8 Å². The van der Waals surface area contributed by atoms with Crippen LogP contribution in [-0.2, 0) is 44.9 Å². The summed E-state index contributed by atoms with van der Waals surface area (Å²) in [5, 5.41) is 31.8. The molecule has 22 heteroatoms. The maximum Gasteiger partial charge on any atom is 0.245 e. The number of carbonyl (C=O) groups excluding carboxylic acids is 8. The number of carbonyl (C=O) groups is 8. The van der Waals surface area contributed by atoms with E-state index in [4.69, 9.17) is 22.9 Å². The summed E-state index contributed by atoms with van der Waals surface area (Å²) in [6.07, 6.45) is 0.692. The first-order chi connectivity index (χ1) is 29.8. The molecule has 0 bridgehead atoms. The number of amides is 8. The van der Waals surface area contributed by atoms with Gasteiger partial charge in [0.15, 0.2) is 0 Å². The van der Waals surface area contributed by atoms with Crippen molar-refractivity contribution in [2.24, 2.45) is 28.9 Å². The molecule has 22 nitrogen and oxygen atoms in total.